The molecule has 1 heterocycles. The second-order valence-corrected chi connectivity index (χ2v) is 10.4. The zero-order valence-electron chi connectivity index (χ0n) is 24.1. The van der Waals surface area contributed by atoms with Gasteiger partial charge in [0.15, 0.2) is 0 Å². The average molecular weight is 588 g/mol. The molecule has 0 fully saturated rings. The summed E-state index contributed by atoms with van der Waals surface area (Å²) < 4.78 is 11.0. The van der Waals surface area contributed by atoms with Crippen LogP contribution in [0, 0.1) is 0 Å². The van der Waals surface area contributed by atoms with E-state index in [-0.39, 0.29) is 18.4 Å². The van der Waals surface area contributed by atoms with Crippen molar-refractivity contribution in [3.8, 4) is 0 Å². The molecular weight excluding hydrogens is 550 g/mol. The molecule has 4 rings (SSSR count). The third-order valence-electron chi connectivity index (χ3n) is 7.35. The van der Waals surface area contributed by atoms with Crippen LogP contribution >= 0.6 is 11.6 Å². The molecule has 0 bridgehead atoms. The predicted octanol–water partition coefficient (Wildman–Crippen LogP) is 5.43. The second-order valence-electron chi connectivity index (χ2n) is 10.0. The normalized spacial score (nSPS) is 15.0. The smallest absolute Gasteiger partial charge is 0.336 e. The molecule has 1 atom stereocenters. The topological polar surface area (TPSA) is 103 Å². The van der Waals surface area contributed by atoms with E-state index in [2.05, 4.69) is 34.9 Å². The summed E-state index contributed by atoms with van der Waals surface area (Å²) in [7, 11) is 1.34. The van der Waals surface area contributed by atoms with Gasteiger partial charge in [-0.05, 0) is 41.7 Å². The molecule has 0 aliphatic carbocycles. The quantitative estimate of drug-likeness (QED) is 0.182. The van der Waals surface area contributed by atoms with Crippen LogP contribution in [0.3, 0.4) is 0 Å². The highest BCUT2D eigenvalue weighted by Crippen LogP contribution is 2.40. The van der Waals surface area contributed by atoms with E-state index in [1.165, 1.54) is 18.2 Å². The number of carbonyl (C=O) groups excluding carboxylic acids is 2. The summed E-state index contributed by atoms with van der Waals surface area (Å²) in [6, 6.07) is 27.7. The van der Waals surface area contributed by atoms with Crippen LogP contribution in [0.4, 0.5) is 0 Å². The van der Waals surface area contributed by atoms with Gasteiger partial charge in [0.1, 0.15) is 0 Å². The van der Waals surface area contributed by atoms with Gasteiger partial charge < -0.3 is 25.8 Å². The van der Waals surface area contributed by atoms with Gasteiger partial charge in [0.2, 0.25) is 5.91 Å². The van der Waals surface area contributed by atoms with Gasteiger partial charge in [-0.2, -0.15) is 0 Å². The number of rotatable bonds is 13. The summed E-state index contributed by atoms with van der Waals surface area (Å²) in [5.41, 5.74) is 10.7. The van der Waals surface area contributed by atoms with E-state index in [0.717, 1.165) is 0 Å². The maximum Gasteiger partial charge on any atom is 0.336 e. The number of hydrogen-bond acceptors (Lipinski definition) is 6. The summed E-state index contributed by atoms with van der Waals surface area (Å²) in [5, 5.41) is 6.97. The number of allylic oxidation sites excluding steroid dienone is 1. The Bertz CT molecular complexity index is 1380. The predicted molar refractivity (Wildman–Crippen MR) is 166 cm³/mol. The van der Waals surface area contributed by atoms with Gasteiger partial charge in [0.25, 0.3) is 0 Å². The van der Waals surface area contributed by atoms with E-state index in [4.69, 9.17) is 26.8 Å². The van der Waals surface area contributed by atoms with E-state index in [1.807, 2.05) is 55.5 Å². The summed E-state index contributed by atoms with van der Waals surface area (Å²) >= 11 is 6.39. The fourth-order valence-electron chi connectivity index (χ4n) is 5.42. The highest BCUT2D eigenvalue weighted by atomic mass is 35.5. The highest BCUT2D eigenvalue weighted by molar-refractivity contribution is 6.30. The number of dihydropyridines is 1. The summed E-state index contributed by atoms with van der Waals surface area (Å²) in [5.74, 6) is -1.41. The maximum absolute atomic E-state index is 14.1. The molecule has 0 saturated carbocycles. The zero-order chi connectivity index (χ0) is 29.9. The van der Waals surface area contributed by atoms with Gasteiger partial charge in [-0.1, -0.05) is 91.3 Å². The molecular formula is C34H38ClN3O4. The standard InChI is InChI=1S/C34H38ClN3O4/c1-3-28-32(34(40)41-2)30(25-15-10-16-26(35)21-25)31(29(38-28)22-42-20-18-36)33(39)37-19-17-27(23-11-6-4-7-12-23)24-13-8-5-9-14-24/h4-16,21,27,30,38H,3,17-20,22,36H2,1-2H3,(H,37,39). The minimum Gasteiger partial charge on any atom is -0.466 e. The Labute approximate surface area is 252 Å². The Hall–Kier alpha value is -3.91. The first kappa shape index (κ1) is 31.0. The monoisotopic (exact) mass is 587 g/mol. The van der Waals surface area contributed by atoms with E-state index < -0.39 is 11.9 Å². The van der Waals surface area contributed by atoms with Crippen molar-refractivity contribution in [2.24, 2.45) is 5.73 Å². The van der Waals surface area contributed by atoms with Crippen LogP contribution < -0.4 is 16.4 Å². The van der Waals surface area contributed by atoms with Gasteiger partial charge in [-0.25, -0.2) is 4.79 Å². The first-order valence-corrected chi connectivity index (χ1v) is 14.6. The number of esters is 1. The molecule has 0 saturated heterocycles. The second kappa shape index (κ2) is 15.4. The lowest BCUT2D eigenvalue weighted by Gasteiger charge is -2.33. The Morgan fingerprint density at radius 1 is 0.952 bits per heavy atom. The molecule has 1 aliphatic heterocycles. The van der Waals surface area contributed by atoms with Crippen LogP contribution in [0.25, 0.3) is 0 Å². The zero-order valence-corrected chi connectivity index (χ0v) is 24.8. The minimum atomic E-state index is -0.706. The number of hydrogen-bond donors (Lipinski definition) is 3. The number of benzene rings is 3. The van der Waals surface area contributed by atoms with Gasteiger partial charge in [-0.3, -0.25) is 4.79 Å². The van der Waals surface area contributed by atoms with Gasteiger partial charge >= 0.3 is 5.97 Å². The van der Waals surface area contributed by atoms with Crippen LogP contribution in [0.1, 0.15) is 48.3 Å². The molecule has 8 heteroatoms. The Kier molecular flexibility index (Phi) is 11.3. The Morgan fingerprint density at radius 2 is 1.62 bits per heavy atom. The Balaban J connectivity index is 1.69. The molecule has 0 spiro atoms. The van der Waals surface area contributed by atoms with Crippen molar-refractivity contribution in [2.45, 2.75) is 31.6 Å². The third kappa shape index (κ3) is 7.48. The molecule has 0 radical (unpaired) electrons. The molecule has 3 aromatic carbocycles. The maximum atomic E-state index is 14.1. The molecule has 1 aliphatic rings. The van der Waals surface area contributed by atoms with Crippen LogP contribution in [-0.4, -0.2) is 45.3 Å². The van der Waals surface area contributed by atoms with Crippen LogP contribution in [0.2, 0.25) is 5.02 Å². The van der Waals surface area contributed by atoms with Crippen LogP contribution in [0.15, 0.2) is 107 Å². The van der Waals surface area contributed by atoms with Crippen molar-refractivity contribution < 1.29 is 19.1 Å². The molecule has 7 nitrogen and oxygen atoms in total. The first-order chi connectivity index (χ1) is 20.5. The molecule has 4 N–H and O–H groups in total. The van der Waals surface area contributed by atoms with E-state index in [1.54, 1.807) is 12.1 Å². The molecule has 3 aromatic rings. The van der Waals surface area contributed by atoms with E-state index in [9.17, 15) is 9.59 Å². The van der Waals surface area contributed by atoms with Crippen LogP contribution in [-0.2, 0) is 19.1 Å². The Morgan fingerprint density at radius 3 is 2.19 bits per heavy atom. The number of carbonyl (C=O) groups is 2. The minimum absolute atomic E-state index is 0.0967. The lowest BCUT2D eigenvalue weighted by atomic mass is 9.79. The lowest BCUT2D eigenvalue weighted by molar-refractivity contribution is -0.136. The lowest BCUT2D eigenvalue weighted by Crippen LogP contribution is -2.39. The SMILES string of the molecule is CCC1=C(C(=O)OC)C(c2cccc(Cl)c2)C(C(=O)NCCC(c2ccccc2)c2ccccc2)=C(COCCN)N1. The van der Waals surface area contributed by atoms with Gasteiger partial charge in [0.05, 0.1) is 43.1 Å². The van der Waals surface area contributed by atoms with Crippen molar-refractivity contribution in [1.29, 1.82) is 0 Å². The molecule has 220 valence electrons. The number of ether oxygens (including phenoxy) is 2. The summed E-state index contributed by atoms with van der Waals surface area (Å²) in [6.45, 7) is 3.15. The van der Waals surface area contributed by atoms with E-state index in [0.29, 0.717) is 65.7 Å². The first-order valence-electron chi connectivity index (χ1n) is 14.2. The van der Waals surface area contributed by atoms with Crippen molar-refractivity contribution in [3.63, 3.8) is 0 Å². The average Bonchev–Trinajstić information content (AvgIpc) is 3.02. The number of halogens is 1. The van der Waals surface area contributed by atoms with Crippen molar-refractivity contribution >= 4 is 23.5 Å². The summed E-state index contributed by atoms with van der Waals surface area (Å²) in [6.07, 6.45) is 1.20. The molecule has 42 heavy (non-hydrogen) atoms. The van der Waals surface area contributed by atoms with Gasteiger partial charge in [0, 0.05) is 29.7 Å². The third-order valence-corrected chi connectivity index (χ3v) is 7.58. The van der Waals surface area contributed by atoms with Gasteiger partial charge in [-0.15, -0.1) is 0 Å². The van der Waals surface area contributed by atoms with Crippen molar-refractivity contribution in [2.75, 3.05) is 33.4 Å². The fourth-order valence-corrected chi connectivity index (χ4v) is 5.62. The summed E-state index contributed by atoms with van der Waals surface area (Å²) in [4.78, 5) is 27.3. The molecule has 0 aromatic heterocycles. The number of nitrogens with two attached hydrogens (primary N) is 1. The molecule has 1 amide bonds. The fraction of sp³-hybridized carbons (Fsp3) is 0.294. The highest BCUT2D eigenvalue weighted by Gasteiger charge is 2.38. The number of nitrogens with one attached hydrogen (secondary N) is 2. The molecule has 1 unspecified atom stereocenters. The van der Waals surface area contributed by atoms with E-state index >= 15 is 0 Å². The van der Waals surface area contributed by atoms with Crippen molar-refractivity contribution in [1.82, 2.24) is 10.6 Å². The number of amides is 1. The largest absolute Gasteiger partial charge is 0.466 e. The van der Waals surface area contributed by atoms with Crippen molar-refractivity contribution in [3.05, 3.63) is 129 Å². The van der Waals surface area contributed by atoms with Crippen LogP contribution in [0.5, 0.6) is 0 Å². The number of methoxy groups -OCH3 is 1.